The summed E-state index contributed by atoms with van der Waals surface area (Å²) in [5.41, 5.74) is 0.681. The molecule has 3 rings (SSSR count). The molecule has 2 heterocycles. The second kappa shape index (κ2) is 4.86. The maximum Gasteiger partial charge on any atom is 0.262 e. The van der Waals surface area contributed by atoms with Crippen molar-refractivity contribution in [3.05, 3.63) is 18.2 Å². The molecule has 5 nitrogen and oxygen atoms in total. The van der Waals surface area contributed by atoms with E-state index >= 15 is 0 Å². The van der Waals surface area contributed by atoms with E-state index in [-0.39, 0.29) is 12.5 Å². The average molecular weight is 248 g/mol. The number of amides is 1. The Bertz CT molecular complexity index is 456. The van der Waals surface area contributed by atoms with Gasteiger partial charge in [-0.3, -0.25) is 4.79 Å². The SMILES string of the molecule is O=C1COc2ccc(ON3CCCCC3)cc2N1. The molecule has 1 aromatic rings. The molecular formula is C13H16N2O3. The van der Waals surface area contributed by atoms with E-state index in [9.17, 15) is 4.79 Å². The summed E-state index contributed by atoms with van der Waals surface area (Å²) in [6, 6.07) is 5.50. The fourth-order valence-electron chi connectivity index (χ4n) is 2.22. The van der Waals surface area contributed by atoms with Gasteiger partial charge in [0.1, 0.15) is 11.5 Å². The van der Waals surface area contributed by atoms with Crippen LogP contribution in [-0.2, 0) is 4.79 Å². The van der Waals surface area contributed by atoms with Crippen molar-refractivity contribution in [2.24, 2.45) is 0 Å². The van der Waals surface area contributed by atoms with E-state index in [2.05, 4.69) is 5.32 Å². The van der Waals surface area contributed by atoms with Crippen molar-refractivity contribution in [2.75, 3.05) is 25.0 Å². The van der Waals surface area contributed by atoms with Gasteiger partial charge in [0.15, 0.2) is 6.61 Å². The lowest BCUT2D eigenvalue weighted by Crippen LogP contribution is -2.33. The number of ether oxygens (including phenoxy) is 1. The number of hydroxylamine groups is 2. The first-order valence-corrected chi connectivity index (χ1v) is 6.31. The van der Waals surface area contributed by atoms with Crippen LogP contribution in [0.2, 0.25) is 0 Å². The maximum atomic E-state index is 11.2. The monoisotopic (exact) mass is 248 g/mol. The minimum absolute atomic E-state index is 0.0827. The zero-order valence-corrected chi connectivity index (χ0v) is 10.1. The molecule has 18 heavy (non-hydrogen) atoms. The Kier molecular flexibility index (Phi) is 3.06. The van der Waals surface area contributed by atoms with Crippen LogP contribution in [0.1, 0.15) is 19.3 Å². The number of nitrogens with zero attached hydrogens (tertiary/aromatic N) is 1. The quantitative estimate of drug-likeness (QED) is 0.867. The summed E-state index contributed by atoms with van der Waals surface area (Å²) >= 11 is 0. The largest absolute Gasteiger partial charge is 0.482 e. The zero-order valence-electron chi connectivity index (χ0n) is 10.1. The van der Waals surface area contributed by atoms with Gasteiger partial charge in [-0.05, 0) is 25.0 Å². The molecular weight excluding hydrogens is 232 g/mol. The van der Waals surface area contributed by atoms with E-state index in [0.29, 0.717) is 11.4 Å². The molecule has 2 aliphatic rings. The summed E-state index contributed by atoms with van der Waals surface area (Å²) < 4.78 is 5.30. The van der Waals surface area contributed by atoms with Crippen LogP contribution in [0.3, 0.4) is 0 Å². The van der Waals surface area contributed by atoms with Crippen LogP contribution in [-0.4, -0.2) is 30.7 Å². The van der Waals surface area contributed by atoms with Crippen molar-refractivity contribution >= 4 is 11.6 Å². The Labute approximate surface area is 106 Å². The second-order valence-electron chi connectivity index (χ2n) is 4.58. The lowest BCUT2D eigenvalue weighted by molar-refractivity contribution is -0.118. The number of benzene rings is 1. The van der Waals surface area contributed by atoms with Crippen molar-refractivity contribution in [1.82, 2.24) is 5.06 Å². The van der Waals surface area contributed by atoms with Crippen molar-refractivity contribution in [2.45, 2.75) is 19.3 Å². The number of carbonyl (C=O) groups is 1. The number of piperidine rings is 1. The van der Waals surface area contributed by atoms with Gasteiger partial charge in [-0.15, -0.1) is 5.06 Å². The van der Waals surface area contributed by atoms with Crippen molar-refractivity contribution in [3.63, 3.8) is 0 Å². The van der Waals surface area contributed by atoms with Crippen LogP contribution in [0, 0.1) is 0 Å². The summed E-state index contributed by atoms with van der Waals surface area (Å²) in [4.78, 5) is 17.0. The predicted octanol–water partition coefficient (Wildman–Crippen LogP) is 1.80. The smallest absolute Gasteiger partial charge is 0.262 e. The van der Waals surface area contributed by atoms with Crippen LogP contribution in [0.25, 0.3) is 0 Å². The fourth-order valence-corrected chi connectivity index (χ4v) is 2.22. The van der Waals surface area contributed by atoms with Gasteiger partial charge in [-0.2, -0.15) is 0 Å². The molecule has 5 heteroatoms. The molecule has 0 atom stereocenters. The number of nitrogens with one attached hydrogen (secondary N) is 1. The van der Waals surface area contributed by atoms with E-state index in [0.717, 1.165) is 18.8 Å². The Hall–Kier alpha value is -1.75. The molecule has 96 valence electrons. The standard InChI is InChI=1S/C13H16N2O3/c16-13-9-17-12-5-4-10(8-11(12)14-13)18-15-6-2-1-3-7-15/h4-5,8H,1-3,6-7,9H2,(H,14,16). The number of rotatable bonds is 2. The molecule has 0 bridgehead atoms. The molecule has 1 saturated heterocycles. The van der Waals surface area contributed by atoms with Crippen molar-refractivity contribution in [1.29, 1.82) is 0 Å². The first-order valence-electron chi connectivity index (χ1n) is 6.31. The minimum atomic E-state index is -0.127. The number of hydrogen-bond acceptors (Lipinski definition) is 4. The summed E-state index contributed by atoms with van der Waals surface area (Å²) in [5, 5.41) is 4.74. The predicted molar refractivity (Wildman–Crippen MR) is 66.6 cm³/mol. The summed E-state index contributed by atoms with van der Waals surface area (Å²) in [6.07, 6.45) is 3.61. The van der Waals surface area contributed by atoms with Gasteiger partial charge >= 0.3 is 0 Å². The lowest BCUT2D eigenvalue weighted by atomic mass is 10.2. The molecule has 1 N–H and O–H groups in total. The van der Waals surface area contributed by atoms with Crippen LogP contribution in [0.5, 0.6) is 11.5 Å². The third kappa shape index (κ3) is 2.41. The highest BCUT2D eigenvalue weighted by molar-refractivity contribution is 5.95. The molecule has 1 amide bonds. The normalized spacial score (nSPS) is 19.7. The van der Waals surface area contributed by atoms with Gasteiger partial charge < -0.3 is 14.9 Å². The first-order chi connectivity index (χ1) is 8.81. The number of hydrogen-bond donors (Lipinski definition) is 1. The van der Waals surface area contributed by atoms with Gasteiger partial charge in [-0.25, -0.2) is 0 Å². The number of fused-ring (bicyclic) bond motifs is 1. The van der Waals surface area contributed by atoms with E-state index in [1.165, 1.54) is 19.3 Å². The van der Waals surface area contributed by atoms with Crippen LogP contribution in [0.4, 0.5) is 5.69 Å². The topological polar surface area (TPSA) is 50.8 Å². The number of carbonyl (C=O) groups excluding carboxylic acids is 1. The molecule has 2 aliphatic heterocycles. The molecule has 0 aromatic heterocycles. The van der Waals surface area contributed by atoms with Crippen LogP contribution in [0.15, 0.2) is 18.2 Å². The molecule has 1 fully saturated rings. The van der Waals surface area contributed by atoms with Gasteiger partial charge in [0.05, 0.1) is 5.69 Å². The second-order valence-corrected chi connectivity index (χ2v) is 4.58. The van der Waals surface area contributed by atoms with Crippen molar-refractivity contribution in [3.8, 4) is 11.5 Å². The highest BCUT2D eigenvalue weighted by atomic mass is 16.7. The van der Waals surface area contributed by atoms with E-state index < -0.39 is 0 Å². The number of anilines is 1. The lowest BCUT2D eigenvalue weighted by Gasteiger charge is -2.26. The third-order valence-corrected chi connectivity index (χ3v) is 3.13. The first kappa shape index (κ1) is 11.3. The van der Waals surface area contributed by atoms with Crippen molar-refractivity contribution < 1.29 is 14.4 Å². The highest BCUT2D eigenvalue weighted by Gasteiger charge is 2.18. The Morgan fingerprint density at radius 2 is 2.06 bits per heavy atom. The maximum absolute atomic E-state index is 11.2. The highest BCUT2D eigenvalue weighted by Crippen LogP contribution is 2.31. The molecule has 0 unspecified atom stereocenters. The molecule has 0 saturated carbocycles. The van der Waals surface area contributed by atoms with Gasteiger partial charge in [0.25, 0.3) is 5.91 Å². The van der Waals surface area contributed by atoms with Gasteiger partial charge in [0, 0.05) is 19.2 Å². The third-order valence-electron chi connectivity index (χ3n) is 3.13. The Morgan fingerprint density at radius 1 is 1.22 bits per heavy atom. The minimum Gasteiger partial charge on any atom is -0.482 e. The molecule has 1 aromatic carbocycles. The summed E-state index contributed by atoms with van der Waals surface area (Å²) in [7, 11) is 0. The summed E-state index contributed by atoms with van der Waals surface area (Å²) in [6.45, 7) is 2.00. The van der Waals surface area contributed by atoms with Crippen LogP contribution >= 0.6 is 0 Å². The fraction of sp³-hybridized carbons (Fsp3) is 0.462. The van der Waals surface area contributed by atoms with E-state index in [4.69, 9.17) is 9.57 Å². The molecule has 0 radical (unpaired) electrons. The van der Waals surface area contributed by atoms with Crippen LogP contribution < -0.4 is 14.9 Å². The molecule has 0 aliphatic carbocycles. The summed E-state index contributed by atoms with van der Waals surface area (Å²) in [5.74, 6) is 1.31. The van der Waals surface area contributed by atoms with E-state index in [1.54, 1.807) is 6.07 Å². The zero-order chi connectivity index (χ0) is 12.4. The Morgan fingerprint density at radius 3 is 2.89 bits per heavy atom. The molecule has 0 spiro atoms. The van der Waals surface area contributed by atoms with Gasteiger partial charge in [0.2, 0.25) is 0 Å². The Balaban J connectivity index is 1.73. The van der Waals surface area contributed by atoms with Gasteiger partial charge in [-0.1, -0.05) is 6.42 Å². The average Bonchev–Trinajstić information content (AvgIpc) is 2.39. The van der Waals surface area contributed by atoms with E-state index in [1.807, 2.05) is 17.2 Å².